The van der Waals surface area contributed by atoms with Crippen molar-refractivity contribution in [2.45, 2.75) is 26.7 Å². The van der Waals surface area contributed by atoms with Crippen LogP contribution in [0.4, 0.5) is 16.2 Å². The van der Waals surface area contributed by atoms with Gasteiger partial charge in [-0.25, -0.2) is 14.4 Å². The van der Waals surface area contributed by atoms with Crippen LogP contribution < -0.4 is 15.4 Å². The largest absolute Gasteiger partial charge is 0.480 e. The number of amides is 2. The quantitative estimate of drug-likeness (QED) is 0.282. The molecule has 1 aliphatic heterocycles. The summed E-state index contributed by atoms with van der Waals surface area (Å²) >= 11 is 1.07. The number of nitrogens with one attached hydrogen (secondary N) is 2. The average molecular weight is 538 g/mol. The van der Waals surface area contributed by atoms with E-state index in [1.54, 1.807) is 6.92 Å². The van der Waals surface area contributed by atoms with Crippen molar-refractivity contribution in [3.05, 3.63) is 64.5 Å². The molecule has 9 nitrogen and oxygen atoms in total. The molecule has 200 valence electrons. The number of ether oxygens (including phenoxy) is 1. The SMILES string of the molecule is Cc1cccc(NC(=O)N2CCC(CNc3cccc(-c4sc(C(=O)O)c(OCC(=O)O)c4C)c3)CC2)c1. The van der Waals surface area contributed by atoms with Crippen molar-refractivity contribution in [3.63, 3.8) is 0 Å². The van der Waals surface area contributed by atoms with Crippen LogP contribution in [0.1, 0.15) is 33.6 Å². The molecule has 1 saturated heterocycles. The van der Waals surface area contributed by atoms with Gasteiger partial charge in [-0.15, -0.1) is 11.3 Å². The molecule has 0 unspecified atom stereocenters. The van der Waals surface area contributed by atoms with Crippen molar-refractivity contribution < 1.29 is 29.3 Å². The summed E-state index contributed by atoms with van der Waals surface area (Å²) in [6.45, 7) is 5.26. The van der Waals surface area contributed by atoms with Gasteiger partial charge in [0, 0.05) is 41.4 Å². The minimum absolute atomic E-state index is 0.0182. The number of carboxylic acid groups (broad SMARTS) is 2. The van der Waals surface area contributed by atoms with E-state index in [0.717, 1.165) is 58.1 Å². The molecular formula is C28H31N3O6S. The average Bonchev–Trinajstić information content (AvgIpc) is 3.23. The van der Waals surface area contributed by atoms with Crippen LogP contribution in [0.5, 0.6) is 5.75 Å². The molecule has 1 aromatic heterocycles. The van der Waals surface area contributed by atoms with Gasteiger partial charge in [0.2, 0.25) is 0 Å². The minimum atomic E-state index is -1.17. The molecule has 3 aromatic rings. The Balaban J connectivity index is 1.34. The molecule has 0 atom stereocenters. The van der Waals surface area contributed by atoms with Crippen LogP contribution in [-0.2, 0) is 4.79 Å². The zero-order valence-corrected chi connectivity index (χ0v) is 22.1. The van der Waals surface area contributed by atoms with Crippen LogP contribution in [0, 0.1) is 19.8 Å². The summed E-state index contributed by atoms with van der Waals surface area (Å²) in [6, 6.07) is 15.4. The van der Waals surface area contributed by atoms with Crippen LogP contribution in [0.25, 0.3) is 10.4 Å². The molecule has 1 aliphatic rings. The van der Waals surface area contributed by atoms with Gasteiger partial charge in [0.15, 0.2) is 11.5 Å². The van der Waals surface area contributed by atoms with Gasteiger partial charge < -0.3 is 30.5 Å². The van der Waals surface area contributed by atoms with Crippen molar-refractivity contribution in [3.8, 4) is 16.2 Å². The number of carboxylic acids is 2. The monoisotopic (exact) mass is 537 g/mol. The van der Waals surface area contributed by atoms with Gasteiger partial charge >= 0.3 is 18.0 Å². The lowest BCUT2D eigenvalue weighted by Crippen LogP contribution is -2.42. The summed E-state index contributed by atoms with van der Waals surface area (Å²) in [7, 11) is 0. The molecule has 0 spiro atoms. The first-order valence-electron chi connectivity index (χ1n) is 12.4. The number of aryl methyl sites for hydroxylation is 1. The van der Waals surface area contributed by atoms with Gasteiger partial charge in [0.05, 0.1) is 0 Å². The minimum Gasteiger partial charge on any atom is -0.480 e. The van der Waals surface area contributed by atoms with Gasteiger partial charge in [0.25, 0.3) is 0 Å². The molecule has 0 saturated carbocycles. The zero-order chi connectivity index (χ0) is 27.2. The Morgan fingerprint density at radius 2 is 1.74 bits per heavy atom. The van der Waals surface area contributed by atoms with Crippen molar-refractivity contribution in [2.24, 2.45) is 5.92 Å². The summed E-state index contributed by atoms with van der Waals surface area (Å²) in [5, 5.41) is 25.0. The first-order chi connectivity index (χ1) is 18.2. The normalized spacial score (nSPS) is 13.7. The third-order valence-electron chi connectivity index (χ3n) is 6.52. The maximum atomic E-state index is 12.6. The predicted molar refractivity (Wildman–Crippen MR) is 148 cm³/mol. The number of rotatable bonds is 9. The highest BCUT2D eigenvalue weighted by Crippen LogP contribution is 2.42. The van der Waals surface area contributed by atoms with E-state index >= 15 is 0 Å². The Hall–Kier alpha value is -4.05. The van der Waals surface area contributed by atoms with Gasteiger partial charge in [-0.2, -0.15) is 0 Å². The number of benzene rings is 2. The number of urea groups is 1. The molecule has 1 fully saturated rings. The maximum Gasteiger partial charge on any atom is 0.349 e. The van der Waals surface area contributed by atoms with Crippen molar-refractivity contribution in [2.75, 3.05) is 36.9 Å². The van der Waals surface area contributed by atoms with E-state index in [1.165, 1.54) is 0 Å². The van der Waals surface area contributed by atoms with E-state index in [2.05, 4.69) is 10.6 Å². The number of anilines is 2. The number of aliphatic carboxylic acids is 1. The highest BCUT2D eigenvalue weighted by Gasteiger charge is 2.24. The van der Waals surface area contributed by atoms with E-state index in [4.69, 9.17) is 9.84 Å². The highest BCUT2D eigenvalue weighted by atomic mass is 32.1. The third kappa shape index (κ3) is 6.63. The Labute approximate surface area is 225 Å². The number of likely N-dealkylation sites (tertiary alicyclic amines) is 1. The summed E-state index contributed by atoms with van der Waals surface area (Å²) in [5.74, 6) is -1.81. The summed E-state index contributed by atoms with van der Waals surface area (Å²) in [5.41, 5.74) is 4.23. The van der Waals surface area contributed by atoms with E-state index in [1.807, 2.05) is 60.4 Å². The Morgan fingerprint density at radius 3 is 2.42 bits per heavy atom. The second-order valence-electron chi connectivity index (χ2n) is 9.39. The molecule has 0 aliphatic carbocycles. The summed E-state index contributed by atoms with van der Waals surface area (Å²) in [4.78, 5) is 37.8. The number of carbonyl (C=O) groups is 3. The molecule has 2 aromatic carbocycles. The van der Waals surface area contributed by atoms with E-state index in [0.29, 0.717) is 24.6 Å². The van der Waals surface area contributed by atoms with Gasteiger partial charge in [0.1, 0.15) is 5.75 Å². The number of hydrogen-bond acceptors (Lipinski definition) is 6. The molecule has 38 heavy (non-hydrogen) atoms. The van der Waals surface area contributed by atoms with Crippen molar-refractivity contribution in [1.29, 1.82) is 0 Å². The first-order valence-corrected chi connectivity index (χ1v) is 13.2. The molecule has 2 amide bonds. The Kier molecular flexibility index (Phi) is 8.52. The van der Waals surface area contributed by atoms with Crippen molar-refractivity contribution in [1.82, 2.24) is 4.90 Å². The highest BCUT2D eigenvalue weighted by molar-refractivity contribution is 7.18. The van der Waals surface area contributed by atoms with Gasteiger partial charge in [-0.3, -0.25) is 0 Å². The number of carbonyl (C=O) groups excluding carboxylic acids is 1. The number of hydrogen-bond donors (Lipinski definition) is 4. The van der Waals surface area contributed by atoms with Crippen LogP contribution in [-0.4, -0.2) is 59.3 Å². The summed E-state index contributed by atoms with van der Waals surface area (Å²) in [6.07, 6.45) is 1.79. The molecular weight excluding hydrogens is 506 g/mol. The van der Waals surface area contributed by atoms with E-state index in [-0.39, 0.29) is 16.7 Å². The number of nitrogens with zero attached hydrogens (tertiary/aromatic N) is 1. The van der Waals surface area contributed by atoms with Gasteiger partial charge in [-0.05, 0) is 68.0 Å². The lowest BCUT2D eigenvalue weighted by molar-refractivity contribution is -0.139. The zero-order valence-electron chi connectivity index (χ0n) is 21.3. The van der Waals surface area contributed by atoms with Crippen LogP contribution >= 0.6 is 11.3 Å². The number of thiophene rings is 1. The molecule has 4 N–H and O–H groups in total. The van der Waals surface area contributed by atoms with Crippen LogP contribution in [0.15, 0.2) is 48.5 Å². The molecule has 10 heteroatoms. The topological polar surface area (TPSA) is 128 Å². The Bertz CT molecular complexity index is 1330. The van der Waals surface area contributed by atoms with Crippen molar-refractivity contribution >= 4 is 40.7 Å². The second kappa shape index (κ2) is 12.0. The fourth-order valence-electron chi connectivity index (χ4n) is 4.52. The van der Waals surface area contributed by atoms with E-state index in [9.17, 15) is 19.5 Å². The second-order valence-corrected chi connectivity index (χ2v) is 10.4. The lowest BCUT2D eigenvalue weighted by Gasteiger charge is -2.32. The molecule has 4 rings (SSSR count). The smallest absolute Gasteiger partial charge is 0.349 e. The molecule has 0 bridgehead atoms. The molecule has 0 radical (unpaired) electrons. The Morgan fingerprint density at radius 1 is 1.03 bits per heavy atom. The lowest BCUT2D eigenvalue weighted by atomic mass is 9.97. The standard InChI is InChI=1S/C28H31N3O6S/c1-17-5-3-8-22(13-17)30-28(36)31-11-9-19(10-12-31)15-29-21-7-4-6-20(14-21)25-18(2)24(37-16-23(32)33)26(38-25)27(34)35/h3-8,13-14,19,29H,9-12,15-16H2,1-2H3,(H,30,36)(H,32,33)(H,34,35). The maximum absolute atomic E-state index is 12.6. The van der Waals surface area contributed by atoms with Gasteiger partial charge in [-0.1, -0.05) is 24.3 Å². The molecule has 2 heterocycles. The predicted octanol–water partition coefficient (Wildman–Crippen LogP) is 5.55. The van der Waals surface area contributed by atoms with E-state index < -0.39 is 18.5 Å². The van der Waals surface area contributed by atoms with Crippen LogP contribution in [0.3, 0.4) is 0 Å². The fourth-order valence-corrected chi connectivity index (χ4v) is 5.61. The first kappa shape index (κ1) is 27.0. The fraction of sp³-hybridized carbons (Fsp3) is 0.321. The summed E-state index contributed by atoms with van der Waals surface area (Å²) < 4.78 is 5.30. The number of aromatic carboxylic acids is 1. The van der Waals surface area contributed by atoms with Crippen LogP contribution in [0.2, 0.25) is 0 Å². The number of piperidine rings is 1. The third-order valence-corrected chi connectivity index (χ3v) is 7.83.